The molecule has 0 bridgehead atoms. The molecule has 0 radical (unpaired) electrons. The van der Waals surface area contributed by atoms with Crippen LogP contribution in [0.5, 0.6) is 0 Å². The molecule has 1 N–H and O–H groups in total. The maximum absolute atomic E-state index is 13.0. The van der Waals surface area contributed by atoms with E-state index in [0.717, 1.165) is 25.0 Å². The Morgan fingerprint density at radius 2 is 2.00 bits per heavy atom. The topological polar surface area (TPSA) is 73.0 Å². The van der Waals surface area contributed by atoms with E-state index >= 15 is 0 Å². The normalized spacial score (nSPS) is 15.5. The van der Waals surface area contributed by atoms with Gasteiger partial charge in [0, 0.05) is 18.0 Å². The van der Waals surface area contributed by atoms with Gasteiger partial charge in [-0.3, -0.25) is 14.8 Å². The molecule has 2 aromatic rings. The van der Waals surface area contributed by atoms with Crippen LogP contribution >= 0.6 is 0 Å². The van der Waals surface area contributed by atoms with E-state index in [1.807, 2.05) is 16.9 Å². The van der Waals surface area contributed by atoms with Crippen molar-refractivity contribution in [3.05, 3.63) is 51.8 Å². The van der Waals surface area contributed by atoms with Gasteiger partial charge in [-0.2, -0.15) is 18.3 Å². The highest BCUT2D eigenvalue weighted by Gasteiger charge is 2.38. The number of anilines is 1. The van der Waals surface area contributed by atoms with Crippen LogP contribution in [0.25, 0.3) is 0 Å². The van der Waals surface area contributed by atoms with Crippen LogP contribution in [-0.2, 0) is 12.7 Å². The molecular weight excluding hydrogens is 337 g/mol. The summed E-state index contributed by atoms with van der Waals surface area (Å²) in [6, 6.07) is 5.10. The summed E-state index contributed by atoms with van der Waals surface area (Å²) in [5, 5.41) is 18.1. The van der Waals surface area contributed by atoms with Crippen LogP contribution in [0.3, 0.4) is 0 Å². The summed E-state index contributed by atoms with van der Waals surface area (Å²) in [6.45, 7) is 0.245. The largest absolute Gasteiger partial charge is 0.423 e. The fraction of sp³-hybridized carbons (Fsp3) is 0.438. The van der Waals surface area contributed by atoms with Crippen molar-refractivity contribution in [3.8, 4) is 0 Å². The molecule has 0 unspecified atom stereocenters. The number of rotatable bonds is 5. The number of benzene rings is 1. The number of halogens is 3. The molecule has 3 rings (SSSR count). The van der Waals surface area contributed by atoms with Gasteiger partial charge < -0.3 is 5.32 Å². The van der Waals surface area contributed by atoms with E-state index in [9.17, 15) is 23.3 Å². The standard InChI is InChI=1S/C16H17F3N4O2/c17-16(18,19)14-9-11(5-6-15(14)23(24)25)20-10-12-7-8-22(21-12)13-3-1-2-4-13/h5-9,13,20H,1-4,10H2. The highest BCUT2D eigenvalue weighted by molar-refractivity contribution is 5.55. The lowest BCUT2D eigenvalue weighted by Crippen LogP contribution is -2.10. The smallest absolute Gasteiger partial charge is 0.379 e. The van der Waals surface area contributed by atoms with E-state index in [1.54, 1.807) is 0 Å². The summed E-state index contributed by atoms with van der Waals surface area (Å²) in [7, 11) is 0. The molecule has 0 aliphatic heterocycles. The maximum atomic E-state index is 13.0. The number of nitrogens with one attached hydrogen (secondary N) is 1. The number of alkyl halides is 3. The van der Waals surface area contributed by atoms with Gasteiger partial charge in [0.05, 0.1) is 23.2 Å². The maximum Gasteiger partial charge on any atom is 0.423 e. The molecule has 1 aliphatic rings. The number of nitro benzene ring substituents is 1. The van der Waals surface area contributed by atoms with Crippen molar-refractivity contribution in [2.24, 2.45) is 0 Å². The molecule has 1 aromatic heterocycles. The predicted octanol–water partition coefficient (Wildman–Crippen LogP) is 4.54. The molecule has 1 saturated carbocycles. The minimum absolute atomic E-state index is 0.161. The van der Waals surface area contributed by atoms with Crippen LogP contribution in [0.15, 0.2) is 30.5 Å². The van der Waals surface area contributed by atoms with Gasteiger partial charge in [0.25, 0.3) is 5.69 Å². The minimum Gasteiger partial charge on any atom is -0.379 e. The van der Waals surface area contributed by atoms with Gasteiger partial charge in [-0.1, -0.05) is 12.8 Å². The molecule has 25 heavy (non-hydrogen) atoms. The van der Waals surface area contributed by atoms with Crippen molar-refractivity contribution in [2.45, 2.75) is 44.4 Å². The van der Waals surface area contributed by atoms with Gasteiger partial charge in [0.2, 0.25) is 0 Å². The molecule has 0 atom stereocenters. The lowest BCUT2D eigenvalue weighted by molar-refractivity contribution is -0.388. The molecule has 0 spiro atoms. The van der Waals surface area contributed by atoms with E-state index in [-0.39, 0.29) is 12.2 Å². The lowest BCUT2D eigenvalue weighted by atomic mass is 10.1. The molecule has 6 nitrogen and oxygen atoms in total. The third-order valence-corrected chi connectivity index (χ3v) is 4.33. The average Bonchev–Trinajstić information content (AvgIpc) is 3.23. The zero-order valence-corrected chi connectivity index (χ0v) is 13.3. The lowest BCUT2D eigenvalue weighted by Gasteiger charge is -2.11. The Morgan fingerprint density at radius 1 is 1.28 bits per heavy atom. The van der Waals surface area contributed by atoms with Crippen molar-refractivity contribution in [3.63, 3.8) is 0 Å². The first-order valence-electron chi connectivity index (χ1n) is 7.98. The summed E-state index contributed by atoms with van der Waals surface area (Å²) >= 11 is 0. The van der Waals surface area contributed by atoms with E-state index < -0.39 is 22.4 Å². The highest BCUT2D eigenvalue weighted by atomic mass is 19.4. The van der Waals surface area contributed by atoms with Crippen molar-refractivity contribution in [2.75, 3.05) is 5.32 Å². The second-order valence-electron chi connectivity index (χ2n) is 6.07. The second kappa shape index (κ2) is 6.73. The first kappa shape index (κ1) is 17.2. The Kier molecular flexibility index (Phi) is 4.65. The van der Waals surface area contributed by atoms with Crippen molar-refractivity contribution in [1.82, 2.24) is 9.78 Å². The van der Waals surface area contributed by atoms with Crippen LogP contribution in [0.4, 0.5) is 24.5 Å². The number of nitro groups is 1. The Bertz CT molecular complexity index is 767. The summed E-state index contributed by atoms with van der Waals surface area (Å²) in [5.41, 5.74) is -1.35. The zero-order valence-electron chi connectivity index (χ0n) is 13.3. The SMILES string of the molecule is O=[N+]([O-])c1ccc(NCc2ccn(C3CCCC3)n2)cc1C(F)(F)F. The van der Waals surface area contributed by atoms with Gasteiger partial charge in [0.1, 0.15) is 5.56 Å². The molecule has 1 aliphatic carbocycles. The summed E-state index contributed by atoms with van der Waals surface area (Å²) < 4.78 is 40.8. The average molecular weight is 354 g/mol. The van der Waals surface area contributed by atoms with Crippen molar-refractivity contribution >= 4 is 11.4 Å². The Labute approximate surface area is 141 Å². The molecule has 1 fully saturated rings. The number of nitrogens with zero attached hydrogens (tertiary/aromatic N) is 3. The molecule has 9 heteroatoms. The predicted molar refractivity (Wildman–Crippen MR) is 85.2 cm³/mol. The Morgan fingerprint density at radius 3 is 2.64 bits per heavy atom. The third-order valence-electron chi connectivity index (χ3n) is 4.33. The zero-order chi connectivity index (χ0) is 18.0. The van der Waals surface area contributed by atoms with Gasteiger partial charge in [-0.25, -0.2) is 0 Å². The van der Waals surface area contributed by atoms with Gasteiger partial charge in [-0.15, -0.1) is 0 Å². The van der Waals surface area contributed by atoms with Crippen molar-refractivity contribution in [1.29, 1.82) is 0 Å². The fourth-order valence-electron chi connectivity index (χ4n) is 3.07. The highest BCUT2D eigenvalue weighted by Crippen LogP contribution is 2.37. The third kappa shape index (κ3) is 3.92. The van der Waals surface area contributed by atoms with Crippen LogP contribution in [-0.4, -0.2) is 14.7 Å². The van der Waals surface area contributed by atoms with Crippen LogP contribution in [0.1, 0.15) is 43.0 Å². The van der Waals surface area contributed by atoms with Gasteiger partial charge >= 0.3 is 6.18 Å². The van der Waals surface area contributed by atoms with Crippen LogP contribution in [0.2, 0.25) is 0 Å². The van der Waals surface area contributed by atoms with E-state index in [4.69, 9.17) is 0 Å². The molecule has 0 saturated heterocycles. The molecule has 1 heterocycles. The summed E-state index contributed by atoms with van der Waals surface area (Å²) in [6.07, 6.45) is 1.63. The summed E-state index contributed by atoms with van der Waals surface area (Å²) in [5.74, 6) is 0. The molecule has 134 valence electrons. The Hall–Kier alpha value is -2.58. The van der Waals surface area contributed by atoms with Crippen molar-refractivity contribution < 1.29 is 18.1 Å². The fourth-order valence-corrected chi connectivity index (χ4v) is 3.07. The van der Waals surface area contributed by atoms with Crippen LogP contribution in [0, 0.1) is 10.1 Å². The van der Waals surface area contributed by atoms with Crippen LogP contribution < -0.4 is 5.32 Å². The number of aromatic nitrogens is 2. The first-order chi connectivity index (χ1) is 11.8. The number of hydrogen-bond acceptors (Lipinski definition) is 4. The van der Waals surface area contributed by atoms with E-state index in [2.05, 4.69) is 10.4 Å². The number of hydrogen-bond donors (Lipinski definition) is 1. The van der Waals surface area contributed by atoms with E-state index in [1.165, 1.54) is 18.9 Å². The summed E-state index contributed by atoms with van der Waals surface area (Å²) in [4.78, 5) is 9.73. The van der Waals surface area contributed by atoms with Gasteiger partial charge in [0.15, 0.2) is 0 Å². The van der Waals surface area contributed by atoms with Gasteiger partial charge in [-0.05, 0) is 31.0 Å². The molecule has 1 aromatic carbocycles. The molecule has 0 amide bonds. The monoisotopic (exact) mass is 354 g/mol. The Balaban J connectivity index is 1.72. The first-order valence-corrected chi connectivity index (χ1v) is 7.98. The van der Waals surface area contributed by atoms with E-state index in [0.29, 0.717) is 11.7 Å². The minimum atomic E-state index is -4.79. The quantitative estimate of drug-likeness (QED) is 0.632. The molecular formula is C16H17F3N4O2. The second-order valence-corrected chi connectivity index (χ2v) is 6.07.